The Hall–Kier alpha value is -1.53. The molecule has 1 heterocycles. The summed E-state index contributed by atoms with van der Waals surface area (Å²) >= 11 is 0. The van der Waals surface area contributed by atoms with Crippen molar-refractivity contribution in [3.05, 3.63) is 12.4 Å². The minimum absolute atomic E-state index is 0.0579. The number of halogens is 3. The summed E-state index contributed by atoms with van der Waals surface area (Å²) in [5, 5.41) is 0. The molecule has 0 bridgehead atoms. The first kappa shape index (κ1) is 11.5. The molecule has 15 heavy (non-hydrogen) atoms. The highest BCUT2D eigenvalue weighted by Crippen LogP contribution is 2.21. The molecule has 2 N–H and O–H groups in total. The Morgan fingerprint density at radius 1 is 1.33 bits per heavy atom. The third-order valence-corrected chi connectivity index (χ3v) is 1.49. The SMILES string of the molecule is Nc1cncc(OCCCC(F)(F)F)n1. The van der Waals surface area contributed by atoms with Crippen LogP contribution >= 0.6 is 0 Å². The van der Waals surface area contributed by atoms with Crippen molar-refractivity contribution in [2.75, 3.05) is 12.3 Å². The zero-order valence-electron chi connectivity index (χ0n) is 7.79. The summed E-state index contributed by atoms with van der Waals surface area (Å²) in [5.74, 6) is 0.306. The summed E-state index contributed by atoms with van der Waals surface area (Å²) in [6.45, 7) is -0.0579. The lowest BCUT2D eigenvalue weighted by molar-refractivity contribution is -0.136. The fraction of sp³-hybridized carbons (Fsp3) is 0.500. The molecule has 0 spiro atoms. The Kier molecular flexibility index (Phi) is 3.70. The molecule has 7 heteroatoms. The van der Waals surface area contributed by atoms with Gasteiger partial charge >= 0.3 is 6.18 Å². The van der Waals surface area contributed by atoms with Gasteiger partial charge in [0.1, 0.15) is 5.82 Å². The van der Waals surface area contributed by atoms with E-state index < -0.39 is 12.6 Å². The van der Waals surface area contributed by atoms with Crippen LogP contribution in [0.2, 0.25) is 0 Å². The highest BCUT2D eigenvalue weighted by atomic mass is 19.4. The molecule has 84 valence electrons. The van der Waals surface area contributed by atoms with Crippen LogP contribution in [0.25, 0.3) is 0 Å². The molecule has 0 atom stereocenters. The molecule has 0 aromatic carbocycles. The molecular weight excluding hydrogens is 211 g/mol. The van der Waals surface area contributed by atoms with E-state index in [0.29, 0.717) is 0 Å². The number of alkyl halides is 3. The number of nitrogens with zero attached hydrogens (tertiary/aromatic N) is 2. The number of hydrogen-bond acceptors (Lipinski definition) is 4. The average Bonchev–Trinajstić information content (AvgIpc) is 2.11. The molecule has 0 saturated carbocycles. The van der Waals surface area contributed by atoms with Crippen LogP contribution in [0.4, 0.5) is 19.0 Å². The maximum absolute atomic E-state index is 11.7. The van der Waals surface area contributed by atoms with Gasteiger partial charge in [0.05, 0.1) is 19.0 Å². The van der Waals surface area contributed by atoms with E-state index in [0.717, 1.165) is 0 Å². The number of nitrogen functional groups attached to an aromatic ring is 1. The van der Waals surface area contributed by atoms with Crippen LogP contribution in [-0.4, -0.2) is 22.8 Å². The summed E-state index contributed by atoms with van der Waals surface area (Å²) in [7, 11) is 0. The minimum atomic E-state index is -4.15. The van der Waals surface area contributed by atoms with Gasteiger partial charge in [-0.15, -0.1) is 0 Å². The van der Waals surface area contributed by atoms with Gasteiger partial charge in [-0.3, -0.25) is 4.98 Å². The standard InChI is InChI=1S/C8H10F3N3O/c9-8(10,11)2-1-3-15-7-5-13-4-6(12)14-7/h4-5H,1-3H2,(H2,12,14). The summed E-state index contributed by atoms with van der Waals surface area (Å²) in [6.07, 6.45) is -2.51. The van der Waals surface area contributed by atoms with Gasteiger partial charge < -0.3 is 10.5 Å². The van der Waals surface area contributed by atoms with Gasteiger partial charge in [-0.1, -0.05) is 0 Å². The van der Waals surface area contributed by atoms with Crippen LogP contribution in [-0.2, 0) is 0 Å². The Bertz CT molecular complexity index is 316. The number of ether oxygens (including phenoxy) is 1. The zero-order chi connectivity index (χ0) is 11.3. The molecular formula is C8H10F3N3O. The summed E-state index contributed by atoms with van der Waals surface area (Å²) < 4.78 is 40.2. The monoisotopic (exact) mass is 221 g/mol. The van der Waals surface area contributed by atoms with Crippen molar-refractivity contribution in [2.45, 2.75) is 19.0 Å². The molecule has 4 nitrogen and oxygen atoms in total. The van der Waals surface area contributed by atoms with Crippen molar-refractivity contribution < 1.29 is 17.9 Å². The van der Waals surface area contributed by atoms with E-state index in [4.69, 9.17) is 10.5 Å². The summed E-state index contributed by atoms with van der Waals surface area (Å²) in [4.78, 5) is 7.40. The normalized spacial score (nSPS) is 11.4. The molecule has 1 rings (SSSR count). The number of nitrogens with two attached hydrogens (primary N) is 1. The van der Waals surface area contributed by atoms with E-state index in [9.17, 15) is 13.2 Å². The molecule has 0 fully saturated rings. The quantitative estimate of drug-likeness (QED) is 0.787. The molecule has 0 radical (unpaired) electrons. The van der Waals surface area contributed by atoms with Crippen LogP contribution in [0, 0.1) is 0 Å². The van der Waals surface area contributed by atoms with Gasteiger partial charge in [-0.2, -0.15) is 18.2 Å². The first-order valence-corrected chi connectivity index (χ1v) is 4.24. The Morgan fingerprint density at radius 2 is 2.07 bits per heavy atom. The predicted octanol–water partition coefficient (Wildman–Crippen LogP) is 1.78. The largest absolute Gasteiger partial charge is 0.477 e. The molecule has 0 unspecified atom stereocenters. The van der Waals surface area contributed by atoms with Gasteiger partial charge in [0.15, 0.2) is 0 Å². The highest BCUT2D eigenvalue weighted by molar-refractivity contribution is 5.25. The zero-order valence-corrected chi connectivity index (χ0v) is 7.79. The minimum Gasteiger partial charge on any atom is -0.477 e. The second kappa shape index (κ2) is 4.81. The average molecular weight is 221 g/mol. The van der Waals surface area contributed by atoms with Crippen LogP contribution in [0.1, 0.15) is 12.8 Å². The lowest BCUT2D eigenvalue weighted by Gasteiger charge is -2.07. The topological polar surface area (TPSA) is 61.0 Å². The maximum atomic E-state index is 11.7. The van der Waals surface area contributed by atoms with Crippen molar-refractivity contribution in [1.82, 2.24) is 9.97 Å². The van der Waals surface area contributed by atoms with Crippen molar-refractivity contribution in [1.29, 1.82) is 0 Å². The van der Waals surface area contributed by atoms with E-state index in [-0.39, 0.29) is 24.7 Å². The van der Waals surface area contributed by atoms with Gasteiger partial charge in [-0.05, 0) is 6.42 Å². The van der Waals surface area contributed by atoms with E-state index in [2.05, 4.69) is 9.97 Å². The predicted molar refractivity (Wildman–Crippen MR) is 47.2 cm³/mol. The van der Waals surface area contributed by atoms with Crippen molar-refractivity contribution in [2.24, 2.45) is 0 Å². The number of rotatable bonds is 4. The molecule has 0 aliphatic rings. The second-order valence-electron chi connectivity index (χ2n) is 2.85. The fourth-order valence-corrected chi connectivity index (χ4v) is 0.881. The number of aromatic nitrogens is 2. The third-order valence-electron chi connectivity index (χ3n) is 1.49. The van der Waals surface area contributed by atoms with Crippen molar-refractivity contribution in [3.8, 4) is 5.88 Å². The number of anilines is 1. The molecule has 0 aliphatic carbocycles. The van der Waals surface area contributed by atoms with Crippen LogP contribution in [0.3, 0.4) is 0 Å². The van der Waals surface area contributed by atoms with Crippen molar-refractivity contribution >= 4 is 5.82 Å². The fourth-order valence-electron chi connectivity index (χ4n) is 0.881. The second-order valence-corrected chi connectivity index (χ2v) is 2.85. The molecule has 1 aromatic heterocycles. The van der Waals surface area contributed by atoms with Crippen LogP contribution < -0.4 is 10.5 Å². The highest BCUT2D eigenvalue weighted by Gasteiger charge is 2.26. The Morgan fingerprint density at radius 3 is 2.67 bits per heavy atom. The van der Waals surface area contributed by atoms with Crippen LogP contribution in [0.5, 0.6) is 5.88 Å². The first-order valence-electron chi connectivity index (χ1n) is 4.24. The summed E-state index contributed by atoms with van der Waals surface area (Å²) in [6, 6.07) is 0. The first-order chi connectivity index (χ1) is 6.97. The van der Waals surface area contributed by atoms with Crippen molar-refractivity contribution in [3.63, 3.8) is 0 Å². The van der Waals surface area contributed by atoms with E-state index >= 15 is 0 Å². The van der Waals surface area contributed by atoms with Gasteiger partial charge in [-0.25, -0.2) is 0 Å². The maximum Gasteiger partial charge on any atom is 0.389 e. The van der Waals surface area contributed by atoms with E-state index in [1.807, 2.05) is 0 Å². The van der Waals surface area contributed by atoms with Crippen LogP contribution in [0.15, 0.2) is 12.4 Å². The summed E-state index contributed by atoms with van der Waals surface area (Å²) in [5.41, 5.74) is 5.30. The van der Waals surface area contributed by atoms with E-state index in [1.165, 1.54) is 12.4 Å². The smallest absolute Gasteiger partial charge is 0.389 e. The van der Waals surface area contributed by atoms with Gasteiger partial charge in [0.2, 0.25) is 5.88 Å². The number of hydrogen-bond donors (Lipinski definition) is 1. The van der Waals surface area contributed by atoms with Gasteiger partial charge in [0, 0.05) is 6.42 Å². The molecule has 0 saturated heterocycles. The van der Waals surface area contributed by atoms with E-state index in [1.54, 1.807) is 0 Å². The lowest BCUT2D eigenvalue weighted by Crippen LogP contribution is -2.10. The Balaban J connectivity index is 2.26. The molecule has 0 aliphatic heterocycles. The Labute approximate surface area is 84.3 Å². The molecule has 0 amide bonds. The lowest BCUT2D eigenvalue weighted by atomic mass is 10.3. The van der Waals surface area contributed by atoms with Gasteiger partial charge in [0.25, 0.3) is 0 Å². The third kappa shape index (κ3) is 5.04. The molecule has 1 aromatic rings.